The smallest absolute Gasteiger partial charge is 0.0446 e. The second kappa shape index (κ2) is 19.7. The number of thiophene rings is 4. The monoisotopic (exact) mass is 760 g/mol. The van der Waals surface area contributed by atoms with E-state index in [0.717, 1.165) is 0 Å². The van der Waals surface area contributed by atoms with Crippen molar-refractivity contribution in [2.24, 2.45) is 0 Å². The summed E-state index contributed by atoms with van der Waals surface area (Å²) in [4.78, 5) is 9.33. The van der Waals surface area contributed by atoms with Crippen LogP contribution in [0.5, 0.6) is 0 Å². The minimum Gasteiger partial charge on any atom is -0.140 e. The standard InChI is InChI=1S/C47H68S4/c1-9-13-17-21-25-34-30-40(49-38(34)27-23-19-15-11-3)43-36-29-33(5)48-45(36)44(37-32-42(47(6,7)8)51-46(37)43)41-31-35(26-22-18-14-10-2)39(50-41)28-24-20-16-12-4/h29-32H,9-28H2,1-8H3. The van der Waals surface area contributed by atoms with Gasteiger partial charge in [-0.15, -0.1) is 45.3 Å². The third-order valence-electron chi connectivity index (χ3n) is 10.7. The first-order valence-electron chi connectivity index (χ1n) is 20.9. The number of fused-ring (bicyclic) bond motifs is 2. The molecule has 0 unspecified atom stereocenters. The molecule has 0 saturated carbocycles. The maximum absolute atomic E-state index is 2.65. The van der Waals surface area contributed by atoms with Gasteiger partial charge in [0.05, 0.1) is 0 Å². The molecular weight excluding hydrogens is 693 g/mol. The molecule has 0 aliphatic rings. The number of unbranched alkanes of at least 4 members (excludes halogenated alkanes) is 12. The van der Waals surface area contributed by atoms with E-state index < -0.39 is 0 Å². The molecule has 0 spiro atoms. The summed E-state index contributed by atoms with van der Waals surface area (Å²) in [5.74, 6) is 0. The van der Waals surface area contributed by atoms with Crippen LogP contribution >= 0.6 is 45.3 Å². The molecule has 0 bridgehead atoms. The molecule has 0 atom stereocenters. The zero-order valence-corrected chi connectivity index (χ0v) is 36.9. The quantitative estimate of drug-likeness (QED) is 0.0616. The van der Waals surface area contributed by atoms with E-state index in [2.05, 4.69) is 114 Å². The van der Waals surface area contributed by atoms with Gasteiger partial charge in [0.15, 0.2) is 0 Å². The number of hydrogen-bond donors (Lipinski definition) is 0. The topological polar surface area (TPSA) is 0 Å². The van der Waals surface area contributed by atoms with E-state index in [1.165, 1.54) is 179 Å². The van der Waals surface area contributed by atoms with Crippen molar-refractivity contribution in [1.29, 1.82) is 0 Å². The van der Waals surface area contributed by atoms with E-state index in [-0.39, 0.29) is 5.41 Å². The fourth-order valence-electron chi connectivity index (χ4n) is 7.69. The van der Waals surface area contributed by atoms with Gasteiger partial charge >= 0.3 is 0 Å². The highest BCUT2D eigenvalue weighted by molar-refractivity contribution is 7.24. The maximum Gasteiger partial charge on any atom is 0.0446 e. The second-order valence-corrected chi connectivity index (χ2v) is 20.9. The Morgan fingerprint density at radius 1 is 0.451 bits per heavy atom. The molecule has 280 valence electrons. The lowest BCUT2D eigenvalue weighted by atomic mass is 9.92. The van der Waals surface area contributed by atoms with Crippen molar-refractivity contribution in [3.05, 3.63) is 54.9 Å². The summed E-state index contributed by atoms with van der Waals surface area (Å²) in [6, 6.07) is 10.5. The minimum absolute atomic E-state index is 0.121. The molecular formula is C47H68S4. The molecule has 4 heterocycles. The summed E-state index contributed by atoms with van der Waals surface area (Å²) in [6.07, 6.45) is 26.3. The van der Waals surface area contributed by atoms with Crippen LogP contribution in [0.15, 0.2) is 24.3 Å². The molecule has 1 aromatic carbocycles. The maximum atomic E-state index is 2.65. The van der Waals surface area contributed by atoms with Crippen molar-refractivity contribution in [3.8, 4) is 20.9 Å². The van der Waals surface area contributed by atoms with Crippen LogP contribution in [0.1, 0.15) is 182 Å². The number of rotatable bonds is 22. The summed E-state index contributed by atoms with van der Waals surface area (Å²) in [5, 5.41) is 3.01. The summed E-state index contributed by atoms with van der Waals surface area (Å²) < 4.78 is 3.05. The highest BCUT2D eigenvalue weighted by atomic mass is 32.1. The van der Waals surface area contributed by atoms with Crippen LogP contribution < -0.4 is 0 Å². The van der Waals surface area contributed by atoms with Gasteiger partial charge in [-0.1, -0.05) is 126 Å². The molecule has 4 heteroatoms. The van der Waals surface area contributed by atoms with Gasteiger partial charge in [0, 0.05) is 60.6 Å². The van der Waals surface area contributed by atoms with Gasteiger partial charge in [0.1, 0.15) is 0 Å². The normalized spacial score (nSPS) is 12.3. The van der Waals surface area contributed by atoms with E-state index in [0.29, 0.717) is 0 Å². The molecule has 0 saturated heterocycles. The lowest BCUT2D eigenvalue weighted by molar-refractivity contribution is 0.604. The van der Waals surface area contributed by atoms with Gasteiger partial charge < -0.3 is 0 Å². The fraction of sp³-hybridized carbons (Fsp3) is 0.617. The molecule has 0 radical (unpaired) electrons. The minimum atomic E-state index is 0.121. The fourth-order valence-corrected chi connectivity index (χ4v) is 12.8. The summed E-state index contributed by atoms with van der Waals surface area (Å²) in [6.45, 7) is 18.9. The van der Waals surface area contributed by atoms with E-state index in [9.17, 15) is 0 Å². The average molecular weight is 761 g/mol. The molecule has 0 nitrogen and oxygen atoms in total. The SMILES string of the molecule is CCCCCCc1cc(-c2c3cc(C(C)(C)C)sc3c(-c3cc(CCCCCC)c(CCCCCC)s3)c3cc(C)sc23)sc1CCCCCC. The molecule has 0 amide bonds. The van der Waals surface area contributed by atoms with Crippen LogP contribution in [0.25, 0.3) is 41.1 Å². The van der Waals surface area contributed by atoms with Gasteiger partial charge in [-0.05, 0) is 99.1 Å². The predicted molar refractivity (Wildman–Crippen MR) is 239 cm³/mol. The van der Waals surface area contributed by atoms with Crippen LogP contribution in [-0.2, 0) is 31.1 Å². The summed E-state index contributed by atoms with van der Waals surface area (Å²) in [5.41, 5.74) is 6.47. The highest BCUT2D eigenvalue weighted by Crippen LogP contribution is 2.53. The molecule has 5 rings (SSSR count). The van der Waals surface area contributed by atoms with Crippen LogP contribution in [0.2, 0.25) is 0 Å². The molecule has 4 aromatic heterocycles. The van der Waals surface area contributed by atoms with E-state index >= 15 is 0 Å². The van der Waals surface area contributed by atoms with E-state index in [4.69, 9.17) is 0 Å². The molecule has 0 aliphatic carbocycles. The Bertz CT molecular complexity index is 1610. The second-order valence-electron chi connectivity index (χ2n) is 16.3. The van der Waals surface area contributed by atoms with Crippen LogP contribution in [0.4, 0.5) is 0 Å². The zero-order chi connectivity index (χ0) is 36.4. The highest BCUT2D eigenvalue weighted by Gasteiger charge is 2.27. The lowest BCUT2D eigenvalue weighted by Gasteiger charge is -2.15. The average Bonchev–Trinajstić information content (AvgIpc) is 3.89. The Balaban J connectivity index is 1.67. The largest absolute Gasteiger partial charge is 0.140 e. The Hall–Kier alpha value is -1.46. The Morgan fingerprint density at radius 2 is 0.863 bits per heavy atom. The molecule has 51 heavy (non-hydrogen) atoms. The first-order chi connectivity index (χ1) is 24.7. The Kier molecular flexibility index (Phi) is 15.8. The van der Waals surface area contributed by atoms with E-state index in [1.807, 2.05) is 11.3 Å². The molecule has 5 aromatic rings. The van der Waals surface area contributed by atoms with Gasteiger partial charge in [-0.2, -0.15) is 0 Å². The van der Waals surface area contributed by atoms with Crippen molar-refractivity contribution < 1.29 is 0 Å². The van der Waals surface area contributed by atoms with Crippen LogP contribution in [-0.4, -0.2) is 0 Å². The van der Waals surface area contributed by atoms with Crippen molar-refractivity contribution in [1.82, 2.24) is 0 Å². The molecule has 0 aliphatic heterocycles. The lowest BCUT2D eigenvalue weighted by Crippen LogP contribution is -2.07. The first kappa shape index (κ1) is 40.7. The third kappa shape index (κ3) is 10.4. The van der Waals surface area contributed by atoms with Crippen molar-refractivity contribution in [2.45, 2.75) is 189 Å². The molecule has 0 fully saturated rings. The molecule has 0 N–H and O–H groups in total. The predicted octanol–water partition coefficient (Wildman–Crippen LogP) is 17.7. The van der Waals surface area contributed by atoms with Gasteiger partial charge in [-0.25, -0.2) is 0 Å². The number of hydrogen-bond acceptors (Lipinski definition) is 4. The third-order valence-corrected chi connectivity index (χ3v) is 15.9. The van der Waals surface area contributed by atoms with Crippen molar-refractivity contribution in [2.75, 3.05) is 0 Å². The summed E-state index contributed by atoms with van der Waals surface area (Å²) in [7, 11) is 0. The van der Waals surface area contributed by atoms with Crippen LogP contribution in [0, 0.1) is 6.92 Å². The van der Waals surface area contributed by atoms with E-state index in [1.54, 1.807) is 20.9 Å². The van der Waals surface area contributed by atoms with Crippen LogP contribution in [0.3, 0.4) is 0 Å². The number of benzene rings is 1. The van der Waals surface area contributed by atoms with Crippen molar-refractivity contribution in [3.63, 3.8) is 0 Å². The van der Waals surface area contributed by atoms with Crippen molar-refractivity contribution >= 4 is 65.5 Å². The van der Waals surface area contributed by atoms with Gasteiger partial charge in [0.2, 0.25) is 0 Å². The Labute approximate surface area is 328 Å². The first-order valence-corrected chi connectivity index (χ1v) is 24.2. The summed E-state index contributed by atoms with van der Waals surface area (Å²) >= 11 is 8.41. The van der Waals surface area contributed by atoms with Gasteiger partial charge in [0.25, 0.3) is 0 Å². The Morgan fingerprint density at radius 3 is 1.29 bits per heavy atom. The van der Waals surface area contributed by atoms with Gasteiger partial charge in [-0.3, -0.25) is 0 Å². The number of aryl methyl sites for hydroxylation is 5. The zero-order valence-electron chi connectivity index (χ0n) is 33.6.